The first-order valence-corrected chi connectivity index (χ1v) is 11.4. The summed E-state index contributed by atoms with van der Waals surface area (Å²) in [6.45, 7) is 3.26. The molecule has 8 nitrogen and oxygen atoms in total. The van der Waals surface area contributed by atoms with Gasteiger partial charge in [-0.1, -0.05) is 18.1 Å². The number of H-pyrrole nitrogens is 2. The minimum absolute atomic E-state index is 0.0419. The van der Waals surface area contributed by atoms with Crippen LogP contribution >= 0.6 is 0 Å². The van der Waals surface area contributed by atoms with Gasteiger partial charge in [0, 0.05) is 37.3 Å². The van der Waals surface area contributed by atoms with Crippen molar-refractivity contribution >= 4 is 28.7 Å². The topological polar surface area (TPSA) is 105 Å². The van der Waals surface area contributed by atoms with Crippen molar-refractivity contribution in [3.63, 3.8) is 0 Å². The second-order valence-electron chi connectivity index (χ2n) is 8.49. The number of fused-ring (bicyclic) bond motifs is 1. The highest BCUT2D eigenvalue weighted by atomic mass is 16.2. The molecular weight excluding hydrogens is 438 g/mol. The molecule has 2 aromatic heterocycles. The van der Waals surface area contributed by atoms with Crippen LogP contribution in [0.4, 0.5) is 0 Å². The number of nitrogens with one attached hydrogen (secondary N) is 3. The smallest absolute Gasteiger partial charge is 0.253 e. The van der Waals surface area contributed by atoms with Crippen molar-refractivity contribution in [1.82, 2.24) is 29.7 Å². The Bertz CT molecular complexity index is 1460. The third-order valence-corrected chi connectivity index (χ3v) is 6.00. The summed E-state index contributed by atoms with van der Waals surface area (Å²) >= 11 is 0. The standard InChI is InChI=1S/C27H25N7O/c1-33-12-14-34(15-13-33)27(35)21-6-4-20(5-7-21)23(28)9-11-26-29-17-22(32-26)8-2-19-3-10-24-25(16-19)31-18-30-24/h3-7,9-11,16-18,28H,12-15H2,1H3,(H,29,32)(H,30,31)/b11-9-,28-23?. The van der Waals surface area contributed by atoms with E-state index in [1.54, 1.807) is 36.8 Å². The Morgan fingerprint density at radius 2 is 1.80 bits per heavy atom. The Morgan fingerprint density at radius 1 is 1.03 bits per heavy atom. The third-order valence-electron chi connectivity index (χ3n) is 6.00. The quantitative estimate of drug-likeness (QED) is 0.319. The first-order valence-electron chi connectivity index (χ1n) is 11.4. The van der Waals surface area contributed by atoms with Crippen molar-refractivity contribution in [3.8, 4) is 11.8 Å². The highest BCUT2D eigenvalue weighted by molar-refractivity contribution is 6.09. The fraction of sp³-hybridized carbons (Fsp3) is 0.185. The van der Waals surface area contributed by atoms with Crippen LogP contribution < -0.4 is 0 Å². The Morgan fingerprint density at radius 3 is 2.60 bits per heavy atom. The van der Waals surface area contributed by atoms with Crippen LogP contribution in [0.3, 0.4) is 0 Å². The summed E-state index contributed by atoms with van der Waals surface area (Å²) in [6.07, 6.45) is 6.75. The van der Waals surface area contributed by atoms with Crippen molar-refractivity contribution in [3.05, 3.63) is 89.3 Å². The summed E-state index contributed by atoms with van der Waals surface area (Å²) in [5, 5.41) is 8.36. The lowest BCUT2D eigenvalue weighted by Gasteiger charge is -2.32. The number of allylic oxidation sites excluding steroid dienone is 1. The number of amides is 1. The zero-order chi connectivity index (χ0) is 24.2. The molecule has 0 spiro atoms. The van der Waals surface area contributed by atoms with Gasteiger partial charge in [-0.25, -0.2) is 9.97 Å². The molecule has 0 radical (unpaired) electrons. The highest BCUT2D eigenvalue weighted by Crippen LogP contribution is 2.12. The molecule has 4 aromatic rings. The van der Waals surface area contributed by atoms with Crippen LogP contribution in [0.1, 0.15) is 33.0 Å². The predicted molar refractivity (Wildman–Crippen MR) is 136 cm³/mol. The molecule has 2 aromatic carbocycles. The molecule has 0 atom stereocenters. The molecule has 0 saturated carbocycles. The molecule has 3 N–H and O–H groups in total. The molecule has 1 aliphatic heterocycles. The molecular formula is C27H25N7O. The maximum absolute atomic E-state index is 12.7. The molecule has 1 amide bonds. The van der Waals surface area contributed by atoms with Gasteiger partial charge in [-0.3, -0.25) is 4.79 Å². The van der Waals surface area contributed by atoms with E-state index in [1.807, 2.05) is 35.2 Å². The van der Waals surface area contributed by atoms with E-state index in [1.165, 1.54) is 0 Å². The Balaban J connectivity index is 1.20. The minimum Gasteiger partial charge on any atom is -0.345 e. The number of hydrogen-bond acceptors (Lipinski definition) is 5. The number of imidazole rings is 2. The van der Waals surface area contributed by atoms with Gasteiger partial charge in [-0.15, -0.1) is 0 Å². The van der Waals surface area contributed by atoms with E-state index in [2.05, 4.69) is 43.7 Å². The normalized spacial score (nSPS) is 14.3. The van der Waals surface area contributed by atoms with Crippen molar-refractivity contribution < 1.29 is 4.79 Å². The van der Waals surface area contributed by atoms with Gasteiger partial charge in [0.1, 0.15) is 11.5 Å². The summed E-state index contributed by atoms with van der Waals surface area (Å²) in [4.78, 5) is 31.6. The van der Waals surface area contributed by atoms with Crippen molar-refractivity contribution in [2.24, 2.45) is 0 Å². The molecule has 174 valence electrons. The number of aromatic amines is 2. The molecule has 1 saturated heterocycles. The second kappa shape index (κ2) is 9.79. The van der Waals surface area contributed by atoms with E-state index in [4.69, 9.17) is 5.41 Å². The Labute approximate surface area is 203 Å². The maximum Gasteiger partial charge on any atom is 0.253 e. The molecule has 8 heteroatoms. The monoisotopic (exact) mass is 463 g/mol. The first kappa shape index (κ1) is 22.3. The Kier molecular flexibility index (Phi) is 6.24. The van der Waals surface area contributed by atoms with Crippen molar-refractivity contribution in [2.75, 3.05) is 33.2 Å². The lowest BCUT2D eigenvalue weighted by molar-refractivity contribution is 0.0664. The van der Waals surface area contributed by atoms with E-state index in [-0.39, 0.29) is 5.91 Å². The number of piperazine rings is 1. The zero-order valence-corrected chi connectivity index (χ0v) is 19.4. The van der Waals surface area contributed by atoms with Gasteiger partial charge in [-0.05, 0) is 61.0 Å². The van der Waals surface area contributed by atoms with Gasteiger partial charge >= 0.3 is 0 Å². The second-order valence-corrected chi connectivity index (χ2v) is 8.49. The van der Waals surface area contributed by atoms with Crippen LogP contribution in [-0.4, -0.2) is 74.6 Å². The SMILES string of the molecule is CN1CCN(C(=O)c2ccc(C(=N)/C=C\c3ncc(C#Cc4ccc5[nH]cnc5c4)[nH]3)cc2)CC1. The van der Waals surface area contributed by atoms with E-state index in [9.17, 15) is 4.79 Å². The van der Waals surface area contributed by atoms with Gasteiger partial charge in [0.25, 0.3) is 5.91 Å². The summed E-state index contributed by atoms with van der Waals surface area (Å²) in [5.74, 6) is 6.84. The average Bonchev–Trinajstić information content (AvgIpc) is 3.55. The zero-order valence-electron chi connectivity index (χ0n) is 19.4. The third kappa shape index (κ3) is 5.21. The average molecular weight is 464 g/mol. The van der Waals surface area contributed by atoms with Crippen molar-refractivity contribution in [2.45, 2.75) is 0 Å². The summed E-state index contributed by atoms with van der Waals surface area (Å²) < 4.78 is 0. The van der Waals surface area contributed by atoms with Crippen LogP contribution in [0.2, 0.25) is 0 Å². The molecule has 35 heavy (non-hydrogen) atoms. The fourth-order valence-electron chi connectivity index (χ4n) is 3.88. The molecule has 0 unspecified atom stereocenters. The predicted octanol–water partition coefficient (Wildman–Crippen LogP) is 3.15. The van der Waals surface area contributed by atoms with Gasteiger partial charge in [0.2, 0.25) is 0 Å². The lowest BCUT2D eigenvalue weighted by Crippen LogP contribution is -2.47. The number of likely N-dealkylation sites (N-methyl/N-ethyl adjacent to an activating group) is 1. The van der Waals surface area contributed by atoms with Gasteiger partial charge in [0.15, 0.2) is 0 Å². The van der Waals surface area contributed by atoms with E-state index < -0.39 is 0 Å². The highest BCUT2D eigenvalue weighted by Gasteiger charge is 2.20. The van der Waals surface area contributed by atoms with Gasteiger partial charge in [-0.2, -0.15) is 0 Å². The molecule has 3 heterocycles. The first-order chi connectivity index (χ1) is 17.0. The summed E-state index contributed by atoms with van der Waals surface area (Å²) in [5.41, 5.74) is 5.12. The number of aromatic nitrogens is 4. The number of nitrogens with zero attached hydrogens (tertiary/aromatic N) is 4. The fourth-order valence-corrected chi connectivity index (χ4v) is 3.88. The van der Waals surface area contributed by atoms with Gasteiger partial charge < -0.3 is 25.2 Å². The van der Waals surface area contributed by atoms with Crippen LogP contribution in [0.5, 0.6) is 0 Å². The molecule has 1 aliphatic rings. The van der Waals surface area contributed by atoms with Crippen molar-refractivity contribution in [1.29, 1.82) is 5.41 Å². The molecule has 0 aliphatic carbocycles. The van der Waals surface area contributed by atoms with Crippen LogP contribution in [-0.2, 0) is 0 Å². The van der Waals surface area contributed by atoms with Crippen LogP contribution in [0.15, 0.2) is 61.1 Å². The molecule has 5 rings (SSSR count). The number of hydrogen-bond donors (Lipinski definition) is 3. The Hall–Kier alpha value is -4.48. The minimum atomic E-state index is 0.0419. The number of rotatable bonds is 4. The number of carbonyl (C=O) groups excluding carboxylic acids is 1. The number of benzene rings is 2. The summed E-state index contributed by atoms with van der Waals surface area (Å²) in [7, 11) is 2.07. The maximum atomic E-state index is 12.7. The van der Waals surface area contributed by atoms with Crippen LogP contribution in [0, 0.1) is 17.3 Å². The van der Waals surface area contributed by atoms with Crippen LogP contribution in [0.25, 0.3) is 17.1 Å². The lowest BCUT2D eigenvalue weighted by atomic mass is 10.1. The van der Waals surface area contributed by atoms with E-state index >= 15 is 0 Å². The largest absolute Gasteiger partial charge is 0.345 e. The molecule has 0 bridgehead atoms. The van der Waals surface area contributed by atoms with E-state index in [0.717, 1.165) is 48.3 Å². The summed E-state index contributed by atoms with van der Waals surface area (Å²) in [6, 6.07) is 13.0. The van der Waals surface area contributed by atoms with Gasteiger partial charge in [0.05, 0.1) is 29.3 Å². The van der Waals surface area contributed by atoms with E-state index in [0.29, 0.717) is 22.8 Å². The number of carbonyl (C=O) groups is 1. The molecule has 1 fully saturated rings.